The number of rotatable bonds is 3. The van der Waals surface area contributed by atoms with Crippen LogP contribution in [-0.2, 0) is 9.59 Å². The fourth-order valence-corrected chi connectivity index (χ4v) is 3.01. The highest BCUT2D eigenvalue weighted by Crippen LogP contribution is 2.20. The van der Waals surface area contributed by atoms with E-state index in [0.29, 0.717) is 0 Å². The number of amides is 2. The van der Waals surface area contributed by atoms with Crippen LogP contribution in [0.4, 0.5) is 0 Å². The molecule has 2 saturated heterocycles. The third-order valence-corrected chi connectivity index (χ3v) is 4.16. The Balaban J connectivity index is 2.01. The molecule has 2 aliphatic heterocycles. The summed E-state index contributed by atoms with van der Waals surface area (Å²) in [5.74, 6) is -0.186. The number of nitrogens with zero attached hydrogens (tertiary/aromatic N) is 2. The minimum atomic E-state index is -0.306. The number of nitrogens with one attached hydrogen (secondary N) is 1. The van der Waals surface area contributed by atoms with Gasteiger partial charge in [-0.1, -0.05) is 6.42 Å². The second-order valence-electron chi connectivity index (χ2n) is 5.40. The Kier molecular flexibility index (Phi) is 4.76. The average molecular weight is 268 g/mol. The molecule has 2 amide bonds. The van der Waals surface area contributed by atoms with Crippen molar-refractivity contribution in [2.24, 2.45) is 5.73 Å². The number of piperidine rings is 1. The zero-order valence-corrected chi connectivity index (χ0v) is 11.6. The number of carbonyl (C=O) groups is 2. The smallest absolute Gasteiger partial charge is 0.239 e. The number of nitrogens with two attached hydrogens (primary N) is 1. The van der Waals surface area contributed by atoms with Crippen molar-refractivity contribution in [3.8, 4) is 0 Å². The predicted octanol–water partition coefficient (Wildman–Crippen LogP) is -0.853. The van der Waals surface area contributed by atoms with Crippen molar-refractivity contribution in [2.75, 3.05) is 32.7 Å². The molecule has 0 aromatic carbocycles. The van der Waals surface area contributed by atoms with Crippen LogP contribution in [0.15, 0.2) is 0 Å². The SMILES string of the molecule is CC(C(=O)N1CCNCC1)N1CCCCC1C(N)=O. The number of likely N-dealkylation sites (tertiary alicyclic amines) is 1. The molecule has 0 bridgehead atoms. The maximum atomic E-state index is 12.5. The molecule has 2 aliphatic rings. The van der Waals surface area contributed by atoms with Crippen LogP contribution >= 0.6 is 0 Å². The second-order valence-corrected chi connectivity index (χ2v) is 5.40. The van der Waals surface area contributed by atoms with E-state index in [-0.39, 0.29) is 23.9 Å². The van der Waals surface area contributed by atoms with Crippen molar-refractivity contribution in [2.45, 2.75) is 38.3 Å². The molecule has 0 saturated carbocycles. The van der Waals surface area contributed by atoms with E-state index in [0.717, 1.165) is 52.0 Å². The maximum Gasteiger partial charge on any atom is 0.239 e. The van der Waals surface area contributed by atoms with Crippen LogP contribution in [0.5, 0.6) is 0 Å². The molecule has 6 heteroatoms. The highest BCUT2D eigenvalue weighted by Gasteiger charge is 2.35. The largest absolute Gasteiger partial charge is 0.368 e. The summed E-state index contributed by atoms with van der Waals surface area (Å²) in [6.07, 6.45) is 2.82. The summed E-state index contributed by atoms with van der Waals surface area (Å²) in [5.41, 5.74) is 5.46. The molecule has 2 unspecified atom stereocenters. The highest BCUT2D eigenvalue weighted by atomic mass is 16.2. The summed E-state index contributed by atoms with van der Waals surface area (Å²) in [7, 11) is 0. The van der Waals surface area contributed by atoms with E-state index in [4.69, 9.17) is 5.73 Å². The Morgan fingerprint density at radius 3 is 2.53 bits per heavy atom. The lowest BCUT2D eigenvalue weighted by molar-refractivity contribution is -0.140. The fraction of sp³-hybridized carbons (Fsp3) is 0.846. The minimum Gasteiger partial charge on any atom is -0.368 e. The van der Waals surface area contributed by atoms with Crippen molar-refractivity contribution in [1.29, 1.82) is 0 Å². The van der Waals surface area contributed by atoms with Gasteiger partial charge in [0.25, 0.3) is 0 Å². The van der Waals surface area contributed by atoms with E-state index in [1.54, 1.807) is 0 Å². The molecule has 0 spiro atoms. The Morgan fingerprint density at radius 1 is 1.21 bits per heavy atom. The summed E-state index contributed by atoms with van der Waals surface area (Å²) in [6.45, 7) is 5.87. The Hall–Kier alpha value is -1.14. The van der Waals surface area contributed by atoms with Crippen molar-refractivity contribution in [3.05, 3.63) is 0 Å². The number of hydrogen-bond acceptors (Lipinski definition) is 4. The molecule has 2 fully saturated rings. The van der Waals surface area contributed by atoms with E-state index in [1.807, 2.05) is 16.7 Å². The first-order chi connectivity index (χ1) is 9.11. The second kappa shape index (κ2) is 6.34. The molecule has 0 aliphatic carbocycles. The van der Waals surface area contributed by atoms with Gasteiger partial charge in [-0.3, -0.25) is 14.5 Å². The first kappa shape index (κ1) is 14.3. The van der Waals surface area contributed by atoms with Crippen molar-refractivity contribution < 1.29 is 9.59 Å². The summed E-state index contributed by atoms with van der Waals surface area (Å²) < 4.78 is 0. The summed E-state index contributed by atoms with van der Waals surface area (Å²) in [4.78, 5) is 27.8. The van der Waals surface area contributed by atoms with E-state index in [1.165, 1.54) is 0 Å². The maximum absolute atomic E-state index is 12.5. The van der Waals surface area contributed by atoms with Crippen LogP contribution in [0.2, 0.25) is 0 Å². The normalized spacial score (nSPS) is 27.0. The molecule has 2 rings (SSSR count). The lowest BCUT2D eigenvalue weighted by Gasteiger charge is -2.40. The van der Waals surface area contributed by atoms with Crippen LogP contribution in [0, 0.1) is 0 Å². The van der Waals surface area contributed by atoms with Crippen LogP contribution in [0.1, 0.15) is 26.2 Å². The van der Waals surface area contributed by atoms with Gasteiger partial charge in [0.2, 0.25) is 11.8 Å². The molecule has 6 nitrogen and oxygen atoms in total. The summed E-state index contributed by atoms with van der Waals surface area (Å²) in [5, 5.41) is 3.23. The molecule has 2 atom stereocenters. The number of carbonyl (C=O) groups excluding carboxylic acids is 2. The number of piperazine rings is 1. The fourth-order valence-electron chi connectivity index (χ4n) is 3.01. The van der Waals surface area contributed by atoms with Gasteiger partial charge in [0.15, 0.2) is 0 Å². The molecule has 0 radical (unpaired) electrons. The van der Waals surface area contributed by atoms with Crippen molar-refractivity contribution in [1.82, 2.24) is 15.1 Å². The predicted molar refractivity (Wildman–Crippen MR) is 72.5 cm³/mol. The average Bonchev–Trinajstić information content (AvgIpc) is 2.46. The standard InChI is InChI=1S/C13H24N4O2/c1-10(13(19)16-8-5-15-6-9-16)17-7-3-2-4-11(17)12(14)18/h10-11,15H,2-9H2,1H3,(H2,14,18). The highest BCUT2D eigenvalue weighted by molar-refractivity contribution is 5.84. The van der Waals surface area contributed by atoms with Gasteiger partial charge in [0.1, 0.15) is 0 Å². The van der Waals surface area contributed by atoms with Crippen LogP contribution < -0.4 is 11.1 Å². The molecule has 108 valence electrons. The van der Waals surface area contributed by atoms with Gasteiger partial charge >= 0.3 is 0 Å². The summed E-state index contributed by atoms with van der Waals surface area (Å²) in [6, 6.07) is -0.536. The first-order valence-corrected chi connectivity index (χ1v) is 7.16. The third kappa shape index (κ3) is 3.25. The van der Waals surface area contributed by atoms with E-state index >= 15 is 0 Å². The molecule has 2 heterocycles. The first-order valence-electron chi connectivity index (χ1n) is 7.16. The number of hydrogen-bond donors (Lipinski definition) is 2. The van der Waals surface area contributed by atoms with Gasteiger partial charge in [-0.25, -0.2) is 0 Å². The quantitative estimate of drug-likeness (QED) is 0.698. The van der Waals surface area contributed by atoms with E-state index in [2.05, 4.69) is 5.32 Å². The molecule has 3 N–H and O–H groups in total. The van der Waals surface area contributed by atoms with Gasteiger partial charge in [-0.15, -0.1) is 0 Å². The third-order valence-electron chi connectivity index (χ3n) is 4.16. The Morgan fingerprint density at radius 2 is 1.89 bits per heavy atom. The van der Waals surface area contributed by atoms with Gasteiger partial charge < -0.3 is 16.0 Å². The topological polar surface area (TPSA) is 78.7 Å². The Labute approximate surface area is 114 Å². The molecule has 0 aromatic rings. The van der Waals surface area contributed by atoms with Gasteiger partial charge in [-0.2, -0.15) is 0 Å². The molecular weight excluding hydrogens is 244 g/mol. The lowest BCUT2D eigenvalue weighted by atomic mass is 9.99. The molecule has 0 aromatic heterocycles. The van der Waals surface area contributed by atoms with Crippen LogP contribution in [0.25, 0.3) is 0 Å². The minimum absolute atomic E-state index is 0.120. The zero-order valence-electron chi connectivity index (χ0n) is 11.6. The van der Waals surface area contributed by atoms with Gasteiger partial charge in [0, 0.05) is 26.2 Å². The van der Waals surface area contributed by atoms with Crippen LogP contribution in [0.3, 0.4) is 0 Å². The van der Waals surface area contributed by atoms with E-state index in [9.17, 15) is 9.59 Å². The monoisotopic (exact) mass is 268 g/mol. The molecule has 19 heavy (non-hydrogen) atoms. The van der Waals surface area contributed by atoms with Gasteiger partial charge in [-0.05, 0) is 26.3 Å². The Bertz CT molecular complexity index is 342. The summed E-state index contributed by atoms with van der Waals surface area (Å²) >= 11 is 0. The van der Waals surface area contributed by atoms with Crippen molar-refractivity contribution >= 4 is 11.8 Å². The number of primary amides is 1. The zero-order chi connectivity index (χ0) is 13.8. The lowest BCUT2D eigenvalue weighted by Crippen LogP contribution is -2.58. The molecular formula is C13H24N4O2. The van der Waals surface area contributed by atoms with Gasteiger partial charge in [0.05, 0.1) is 12.1 Å². The van der Waals surface area contributed by atoms with E-state index < -0.39 is 0 Å². The van der Waals surface area contributed by atoms with Crippen LogP contribution in [-0.4, -0.2) is 66.4 Å². The van der Waals surface area contributed by atoms with Crippen molar-refractivity contribution in [3.63, 3.8) is 0 Å².